The van der Waals surface area contributed by atoms with Gasteiger partial charge in [-0.15, -0.1) is 0 Å². The van der Waals surface area contributed by atoms with Gasteiger partial charge in [0.15, 0.2) is 5.82 Å². The number of imidazole rings is 1. The minimum absolute atomic E-state index is 0.320. The third-order valence-electron chi connectivity index (χ3n) is 2.87. The molecule has 0 saturated carbocycles. The second kappa shape index (κ2) is 5.17. The van der Waals surface area contributed by atoms with E-state index in [1.54, 1.807) is 18.3 Å². The smallest absolute Gasteiger partial charge is 0.329 e. The number of hydrogen-bond donors (Lipinski definition) is 1. The molecule has 6 nitrogen and oxygen atoms in total. The van der Waals surface area contributed by atoms with Crippen LogP contribution >= 0.6 is 15.9 Å². The van der Waals surface area contributed by atoms with Crippen LogP contribution in [0.1, 0.15) is 6.92 Å². The van der Waals surface area contributed by atoms with Crippen LogP contribution in [0.2, 0.25) is 0 Å². The van der Waals surface area contributed by atoms with Crippen molar-refractivity contribution in [2.45, 2.75) is 6.92 Å². The van der Waals surface area contributed by atoms with Gasteiger partial charge in [-0.2, -0.15) is 4.73 Å². The van der Waals surface area contributed by atoms with Gasteiger partial charge in [0.1, 0.15) is 11.3 Å². The molecule has 2 N–H and O–H groups in total. The summed E-state index contributed by atoms with van der Waals surface area (Å²) >= 11 is 3.39. The normalized spacial score (nSPS) is 10.8. The summed E-state index contributed by atoms with van der Waals surface area (Å²) in [5, 5.41) is 0. The summed E-state index contributed by atoms with van der Waals surface area (Å²) in [5.74, 6) is 0.308. The molecule has 0 aliphatic rings. The van der Waals surface area contributed by atoms with Crippen molar-refractivity contribution < 1.29 is 9.63 Å². The van der Waals surface area contributed by atoms with Crippen LogP contribution in [0.4, 0.5) is 5.82 Å². The van der Waals surface area contributed by atoms with Crippen molar-refractivity contribution in [3.8, 4) is 11.4 Å². The SMILES string of the molecule is CC(=O)On1c(-c2cccnc2N)nc2ccc(Br)cc21. The second-order valence-corrected chi connectivity index (χ2v) is 5.30. The number of carbonyl (C=O) groups is 1. The maximum absolute atomic E-state index is 11.4. The monoisotopic (exact) mass is 346 g/mol. The number of nitrogens with two attached hydrogens (primary N) is 1. The van der Waals surface area contributed by atoms with Crippen molar-refractivity contribution >= 4 is 38.8 Å². The number of fused-ring (bicyclic) bond motifs is 1. The zero-order valence-electron chi connectivity index (χ0n) is 11.1. The maximum Gasteiger partial charge on any atom is 0.329 e. The Morgan fingerprint density at radius 2 is 2.19 bits per heavy atom. The number of hydrogen-bond acceptors (Lipinski definition) is 5. The summed E-state index contributed by atoms with van der Waals surface area (Å²) in [5.41, 5.74) is 7.85. The Kier molecular flexibility index (Phi) is 3.34. The Morgan fingerprint density at radius 3 is 2.90 bits per heavy atom. The van der Waals surface area contributed by atoms with Crippen molar-refractivity contribution in [3.05, 3.63) is 41.0 Å². The molecule has 2 heterocycles. The molecule has 0 saturated heterocycles. The summed E-state index contributed by atoms with van der Waals surface area (Å²) < 4.78 is 2.23. The molecule has 0 radical (unpaired) electrons. The van der Waals surface area contributed by atoms with Crippen LogP contribution in [0, 0.1) is 0 Å². The molecule has 0 spiro atoms. The molecule has 7 heteroatoms. The molecule has 0 bridgehead atoms. The molecule has 21 heavy (non-hydrogen) atoms. The molecule has 0 aliphatic heterocycles. The van der Waals surface area contributed by atoms with E-state index < -0.39 is 5.97 Å². The Morgan fingerprint density at radius 1 is 1.38 bits per heavy atom. The molecule has 0 unspecified atom stereocenters. The van der Waals surface area contributed by atoms with Crippen molar-refractivity contribution in [1.82, 2.24) is 14.7 Å². The van der Waals surface area contributed by atoms with Crippen LogP contribution in [-0.2, 0) is 4.79 Å². The van der Waals surface area contributed by atoms with E-state index in [4.69, 9.17) is 10.6 Å². The van der Waals surface area contributed by atoms with Crippen LogP contribution in [0.3, 0.4) is 0 Å². The van der Waals surface area contributed by atoms with E-state index in [0.717, 1.165) is 4.47 Å². The van der Waals surface area contributed by atoms with Crippen molar-refractivity contribution in [2.24, 2.45) is 0 Å². The van der Waals surface area contributed by atoms with Crippen molar-refractivity contribution in [2.75, 3.05) is 5.73 Å². The summed E-state index contributed by atoms with van der Waals surface area (Å²) in [6, 6.07) is 9.04. The average molecular weight is 347 g/mol. The lowest BCUT2D eigenvalue weighted by Gasteiger charge is -2.08. The van der Waals surface area contributed by atoms with Crippen LogP contribution in [0.25, 0.3) is 22.4 Å². The fourth-order valence-corrected chi connectivity index (χ4v) is 2.37. The van der Waals surface area contributed by atoms with E-state index in [1.165, 1.54) is 11.7 Å². The van der Waals surface area contributed by atoms with Crippen LogP contribution in [0.15, 0.2) is 41.0 Å². The summed E-state index contributed by atoms with van der Waals surface area (Å²) in [7, 11) is 0. The van der Waals surface area contributed by atoms with Crippen LogP contribution < -0.4 is 10.6 Å². The largest absolute Gasteiger partial charge is 0.383 e. The number of pyridine rings is 1. The minimum Gasteiger partial charge on any atom is -0.383 e. The van der Waals surface area contributed by atoms with Gasteiger partial charge in [0.25, 0.3) is 0 Å². The zero-order valence-corrected chi connectivity index (χ0v) is 12.7. The predicted octanol–water partition coefficient (Wildman–Crippen LogP) is 2.42. The molecule has 0 amide bonds. The quantitative estimate of drug-likeness (QED) is 0.770. The Labute approximate surface area is 128 Å². The predicted molar refractivity (Wildman–Crippen MR) is 82.3 cm³/mol. The molecule has 2 aromatic heterocycles. The maximum atomic E-state index is 11.4. The molecular weight excluding hydrogens is 336 g/mol. The van der Waals surface area contributed by atoms with Gasteiger partial charge in [-0.25, -0.2) is 14.8 Å². The highest BCUT2D eigenvalue weighted by Gasteiger charge is 2.17. The summed E-state index contributed by atoms with van der Waals surface area (Å²) in [6.45, 7) is 1.33. The highest BCUT2D eigenvalue weighted by molar-refractivity contribution is 9.10. The van der Waals surface area contributed by atoms with E-state index >= 15 is 0 Å². The van der Waals surface area contributed by atoms with Gasteiger partial charge in [0.2, 0.25) is 0 Å². The number of nitrogen functional groups attached to an aromatic ring is 1. The van der Waals surface area contributed by atoms with Gasteiger partial charge in [0.05, 0.1) is 11.1 Å². The standard InChI is InChI=1S/C14H11BrN4O2/c1-8(20)21-19-12-7-9(15)4-5-11(12)18-14(19)10-3-2-6-17-13(10)16/h2-7H,1H3,(H2,16,17). The van der Waals surface area contributed by atoms with Crippen molar-refractivity contribution in [3.63, 3.8) is 0 Å². The van der Waals surface area contributed by atoms with Gasteiger partial charge >= 0.3 is 5.97 Å². The minimum atomic E-state index is -0.446. The Bertz CT molecular complexity index is 844. The molecule has 1 aromatic carbocycles. The number of nitrogens with zero attached hydrogens (tertiary/aromatic N) is 3. The van der Waals surface area contributed by atoms with E-state index in [-0.39, 0.29) is 0 Å². The molecule has 0 fully saturated rings. The number of rotatable bonds is 2. The van der Waals surface area contributed by atoms with Gasteiger partial charge in [0, 0.05) is 17.6 Å². The topological polar surface area (TPSA) is 83.0 Å². The fourth-order valence-electron chi connectivity index (χ4n) is 2.02. The molecule has 106 valence electrons. The molecule has 0 atom stereocenters. The lowest BCUT2D eigenvalue weighted by Crippen LogP contribution is -2.17. The highest BCUT2D eigenvalue weighted by Crippen LogP contribution is 2.28. The highest BCUT2D eigenvalue weighted by atomic mass is 79.9. The summed E-state index contributed by atoms with van der Waals surface area (Å²) in [6.07, 6.45) is 1.59. The number of benzene rings is 1. The second-order valence-electron chi connectivity index (χ2n) is 4.38. The van der Waals surface area contributed by atoms with Crippen molar-refractivity contribution in [1.29, 1.82) is 0 Å². The fraction of sp³-hybridized carbons (Fsp3) is 0.0714. The first-order valence-corrected chi connectivity index (χ1v) is 6.93. The zero-order chi connectivity index (χ0) is 15.0. The van der Waals surface area contributed by atoms with Gasteiger partial charge in [-0.05, 0) is 30.3 Å². The number of anilines is 1. The van der Waals surface area contributed by atoms with E-state index in [1.807, 2.05) is 18.2 Å². The van der Waals surface area contributed by atoms with E-state index in [2.05, 4.69) is 25.9 Å². The molecule has 3 rings (SSSR count). The van der Waals surface area contributed by atoms with Gasteiger partial charge in [-0.1, -0.05) is 15.9 Å². The Hall–Kier alpha value is -2.41. The van der Waals surface area contributed by atoms with E-state index in [9.17, 15) is 4.79 Å². The first kappa shape index (κ1) is 13.6. The average Bonchev–Trinajstić information content (AvgIpc) is 2.77. The van der Waals surface area contributed by atoms with Crippen LogP contribution in [0.5, 0.6) is 0 Å². The lowest BCUT2D eigenvalue weighted by molar-refractivity contribution is -0.140. The first-order valence-electron chi connectivity index (χ1n) is 6.14. The number of halogens is 1. The third-order valence-corrected chi connectivity index (χ3v) is 3.37. The Balaban J connectivity index is 2.31. The number of carbonyl (C=O) groups excluding carboxylic acids is 1. The van der Waals surface area contributed by atoms with Gasteiger partial charge in [-0.3, -0.25) is 0 Å². The third kappa shape index (κ3) is 2.47. The number of aromatic nitrogens is 3. The lowest BCUT2D eigenvalue weighted by atomic mass is 10.2. The van der Waals surface area contributed by atoms with Gasteiger partial charge < -0.3 is 10.6 Å². The van der Waals surface area contributed by atoms with E-state index in [0.29, 0.717) is 28.2 Å². The first-order chi connectivity index (χ1) is 10.1. The molecular formula is C14H11BrN4O2. The summed E-state index contributed by atoms with van der Waals surface area (Å²) in [4.78, 5) is 25.2. The molecule has 0 aliphatic carbocycles. The van der Waals surface area contributed by atoms with Crippen LogP contribution in [-0.4, -0.2) is 20.7 Å². The molecule has 3 aromatic rings.